The first kappa shape index (κ1) is 29.6. The van der Waals surface area contributed by atoms with Gasteiger partial charge < -0.3 is 19.5 Å². The van der Waals surface area contributed by atoms with Crippen molar-refractivity contribution in [3.8, 4) is 0 Å². The van der Waals surface area contributed by atoms with Crippen molar-refractivity contribution in [2.75, 3.05) is 5.75 Å². The normalized spacial score (nSPS) is 21.1. The molecule has 1 N–H and O–H groups in total. The van der Waals surface area contributed by atoms with Gasteiger partial charge in [-0.2, -0.15) is 0 Å². The zero-order valence-corrected chi connectivity index (χ0v) is 24.9. The van der Waals surface area contributed by atoms with E-state index >= 15 is 0 Å². The van der Waals surface area contributed by atoms with Gasteiger partial charge >= 0.3 is 12.1 Å². The summed E-state index contributed by atoms with van der Waals surface area (Å²) in [6, 6.07) is 4.57. The van der Waals surface area contributed by atoms with Gasteiger partial charge in [0.1, 0.15) is 5.60 Å². The van der Waals surface area contributed by atoms with E-state index in [9.17, 15) is 9.59 Å². The molecule has 1 fully saturated rings. The average molecular weight is 525 g/mol. The van der Waals surface area contributed by atoms with Gasteiger partial charge in [0.25, 0.3) is 0 Å². The van der Waals surface area contributed by atoms with Crippen molar-refractivity contribution in [1.82, 2.24) is 10.3 Å². The monoisotopic (exact) mass is 524 g/mol. The first-order chi connectivity index (χ1) is 15.9. The van der Waals surface area contributed by atoms with Crippen LogP contribution in [-0.2, 0) is 25.4 Å². The topological polar surface area (TPSA) is 86.8 Å². The average Bonchev–Trinajstić information content (AvgIpc) is 2.87. The number of alkyl carbamates (subject to hydrolysis) is 1. The van der Waals surface area contributed by atoms with Crippen molar-refractivity contribution in [2.24, 2.45) is 5.92 Å². The predicted molar refractivity (Wildman–Crippen MR) is 143 cm³/mol. The third kappa shape index (κ3) is 9.42. The molecule has 0 aromatic carbocycles. The summed E-state index contributed by atoms with van der Waals surface area (Å²) in [6.45, 7) is 20.0. The number of hydrogen-bond acceptors (Lipinski definition) is 7. The number of carbonyl (C=O) groups is 2. The van der Waals surface area contributed by atoms with E-state index in [1.165, 1.54) is 6.04 Å². The molecule has 2 atom stereocenters. The Bertz CT molecular complexity index is 894. The summed E-state index contributed by atoms with van der Waals surface area (Å²) < 4.78 is 17.5. The van der Waals surface area contributed by atoms with E-state index in [4.69, 9.17) is 14.2 Å². The van der Waals surface area contributed by atoms with Crippen LogP contribution in [0.2, 0.25) is 25.7 Å². The largest absolute Gasteiger partial charge is 0.444 e. The van der Waals surface area contributed by atoms with Crippen LogP contribution in [0.25, 0.3) is 0 Å². The van der Waals surface area contributed by atoms with Crippen LogP contribution in [-0.4, -0.2) is 53.9 Å². The number of aromatic nitrogens is 1. The molecule has 1 unspecified atom stereocenters. The van der Waals surface area contributed by atoms with Crippen molar-refractivity contribution < 1.29 is 23.8 Å². The van der Waals surface area contributed by atoms with E-state index in [0.29, 0.717) is 6.42 Å². The Balaban J connectivity index is 2.37. The van der Waals surface area contributed by atoms with Gasteiger partial charge in [-0.05, 0) is 57.0 Å². The second kappa shape index (κ2) is 11.2. The number of carbonyl (C=O) groups excluding carboxylic acids is 2. The zero-order valence-electron chi connectivity index (χ0n) is 23.1. The van der Waals surface area contributed by atoms with Crippen molar-refractivity contribution >= 4 is 31.9 Å². The maximum atomic E-state index is 13.4. The second-order valence-electron chi connectivity index (χ2n) is 12.4. The highest BCUT2D eigenvalue weighted by atomic mass is 32.2. The fraction of sp³-hybridized carbons (Fsp3) is 0.731. The highest BCUT2D eigenvalue weighted by molar-refractivity contribution is 7.99. The molecule has 7 nitrogen and oxygen atoms in total. The van der Waals surface area contributed by atoms with Crippen molar-refractivity contribution in [3.05, 3.63) is 24.0 Å². The van der Waals surface area contributed by atoms with E-state index in [0.717, 1.165) is 16.3 Å². The number of cyclic esters (lactones) is 1. The summed E-state index contributed by atoms with van der Waals surface area (Å²) in [5, 5.41) is 2.93. The van der Waals surface area contributed by atoms with Crippen LogP contribution < -0.4 is 5.32 Å². The van der Waals surface area contributed by atoms with Gasteiger partial charge in [-0.3, -0.25) is 4.98 Å². The van der Waals surface area contributed by atoms with Gasteiger partial charge in [0, 0.05) is 45.1 Å². The standard InChI is InChI=1S/C26H44N2O5SSi/c1-18(2)15-21(28-23(30)32-24(3,4)5)26(22(29)31-25(6,7)33-26)17-19-16-20(11-12-27-19)34-13-14-35(8,9)10/h11-12,16,18,21H,13-15,17H2,1-10H3,(H,28,30)/t21?,26-/m1/s1. The van der Waals surface area contributed by atoms with Crippen molar-refractivity contribution in [1.29, 1.82) is 0 Å². The number of hydrogen-bond donors (Lipinski definition) is 1. The number of nitrogens with zero attached hydrogens (tertiary/aromatic N) is 1. The van der Waals surface area contributed by atoms with E-state index in [1.807, 2.05) is 26.0 Å². The molecule has 198 valence electrons. The molecule has 0 bridgehead atoms. The van der Waals surface area contributed by atoms with Gasteiger partial charge in [-0.1, -0.05) is 33.5 Å². The van der Waals surface area contributed by atoms with Crippen LogP contribution in [0.5, 0.6) is 0 Å². The lowest BCUT2D eigenvalue weighted by Crippen LogP contribution is -2.59. The molecule has 0 radical (unpaired) electrons. The fourth-order valence-electron chi connectivity index (χ4n) is 3.93. The summed E-state index contributed by atoms with van der Waals surface area (Å²) in [7, 11) is -1.12. The first-order valence-electron chi connectivity index (χ1n) is 12.4. The molecular formula is C26H44N2O5SSi. The van der Waals surface area contributed by atoms with Crippen LogP contribution in [0.1, 0.15) is 60.6 Å². The Kier molecular flexibility index (Phi) is 9.50. The van der Waals surface area contributed by atoms with Crippen molar-refractivity contribution in [3.63, 3.8) is 0 Å². The van der Waals surface area contributed by atoms with Crippen LogP contribution in [0.4, 0.5) is 4.79 Å². The third-order valence-corrected chi connectivity index (χ3v) is 8.53. The molecule has 1 saturated heterocycles. The molecule has 0 saturated carbocycles. The third-order valence-electron chi connectivity index (χ3n) is 5.43. The highest BCUT2D eigenvalue weighted by Gasteiger charge is 2.59. The molecule has 2 heterocycles. The van der Waals surface area contributed by atoms with E-state index in [1.54, 1.807) is 52.6 Å². The number of rotatable bonds is 10. The number of ether oxygens (including phenoxy) is 3. The minimum Gasteiger partial charge on any atom is -0.444 e. The number of pyridine rings is 1. The molecule has 1 aromatic rings. The Labute approximate surface area is 216 Å². The molecule has 1 aliphatic rings. The number of nitrogens with one attached hydrogen (secondary N) is 1. The van der Waals surface area contributed by atoms with Crippen molar-refractivity contribution in [2.45, 2.75) is 115 Å². The number of esters is 1. The summed E-state index contributed by atoms with van der Waals surface area (Å²) in [5.74, 6) is -0.386. The smallest absolute Gasteiger partial charge is 0.407 e. The Morgan fingerprint density at radius 1 is 1.26 bits per heavy atom. The van der Waals surface area contributed by atoms with Crippen LogP contribution in [0.3, 0.4) is 0 Å². The molecule has 0 spiro atoms. The summed E-state index contributed by atoms with van der Waals surface area (Å²) in [5.41, 5.74) is -1.37. The molecule has 0 aliphatic carbocycles. The molecule has 2 rings (SSSR count). The zero-order chi connectivity index (χ0) is 26.7. The summed E-state index contributed by atoms with van der Waals surface area (Å²) in [6.07, 6.45) is 1.87. The lowest BCUT2D eigenvalue weighted by Gasteiger charge is -2.36. The molecule has 35 heavy (non-hydrogen) atoms. The van der Waals surface area contributed by atoms with E-state index in [2.05, 4.69) is 29.9 Å². The lowest BCUT2D eigenvalue weighted by atomic mass is 9.84. The number of thioether (sulfide) groups is 1. The van der Waals surface area contributed by atoms with E-state index < -0.39 is 43.2 Å². The molecular weight excluding hydrogens is 480 g/mol. The quantitative estimate of drug-likeness (QED) is 0.227. The molecule has 1 aromatic heterocycles. The van der Waals surface area contributed by atoms with Gasteiger partial charge in [0.05, 0.1) is 6.04 Å². The fourth-order valence-corrected chi connectivity index (χ4v) is 7.40. The maximum absolute atomic E-state index is 13.4. The van der Waals surface area contributed by atoms with Crippen LogP contribution >= 0.6 is 11.8 Å². The Morgan fingerprint density at radius 2 is 1.91 bits per heavy atom. The Hall–Kier alpha value is -1.58. The molecule has 9 heteroatoms. The van der Waals surface area contributed by atoms with Crippen LogP contribution in [0.15, 0.2) is 23.2 Å². The lowest BCUT2D eigenvalue weighted by molar-refractivity contribution is -0.170. The second-order valence-corrected chi connectivity index (χ2v) is 19.2. The van der Waals surface area contributed by atoms with Gasteiger partial charge in [-0.15, -0.1) is 11.8 Å². The van der Waals surface area contributed by atoms with Crippen LogP contribution in [0, 0.1) is 5.92 Å². The Morgan fingerprint density at radius 3 is 2.43 bits per heavy atom. The predicted octanol–water partition coefficient (Wildman–Crippen LogP) is 6.04. The van der Waals surface area contributed by atoms with E-state index in [-0.39, 0.29) is 12.3 Å². The van der Waals surface area contributed by atoms with Gasteiger partial charge in [0.2, 0.25) is 5.79 Å². The van der Waals surface area contributed by atoms with Gasteiger partial charge in [-0.25, -0.2) is 9.59 Å². The SMILES string of the molecule is CC(C)CC(NC(=O)OC(C)(C)C)[C@@]1(Cc2cc(SCC[Si](C)(C)C)ccn2)OC(C)(C)OC1=O. The summed E-state index contributed by atoms with van der Waals surface area (Å²) >= 11 is 1.80. The first-order valence-corrected chi connectivity index (χ1v) is 17.1. The minimum absolute atomic E-state index is 0.184. The van der Waals surface area contributed by atoms with Gasteiger partial charge in [0.15, 0.2) is 5.60 Å². The highest BCUT2D eigenvalue weighted by Crippen LogP contribution is 2.39. The number of amides is 1. The molecule has 1 aliphatic heterocycles. The molecule has 1 amide bonds. The minimum atomic E-state index is -1.42. The summed E-state index contributed by atoms with van der Waals surface area (Å²) in [4.78, 5) is 31.8. The maximum Gasteiger partial charge on any atom is 0.407 e.